The fraction of sp³-hybridized carbons (Fsp3) is 0.0769. The molecule has 0 aromatic carbocycles. The molecule has 0 fully saturated rings. The Labute approximate surface area is 108 Å². The summed E-state index contributed by atoms with van der Waals surface area (Å²) in [6, 6.07) is 5.36. The van der Waals surface area contributed by atoms with E-state index in [-0.39, 0.29) is 0 Å². The number of primary amides is 1. The normalized spacial score (nSPS) is 10.8. The maximum absolute atomic E-state index is 11.4. The van der Waals surface area contributed by atoms with E-state index in [2.05, 4.69) is 15.1 Å². The average molecular weight is 253 g/mol. The van der Waals surface area contributed by atoms with E-state index in [1.54, 1.807) is 36.3 Å². The van der Waals surface area contributed by atoms with E-state index in [1.807, 2.05) is 12.1 Å². The molecule has 3 aromatic rings. The molecule has 1 amide bonds. The van der Waals surface area contributed by atoms with Crippen LogP contribution < -0.4 is 5.73 Å². The lowest BCUT2D eigenvalue weighted by atomic mass is 10.1. The molecule has 2 N–H and O–H groups in total. The van der Waals surface area contributed by atoms with Crippen LogP contribution in [0.3, 0.4) is 0 Å². The number of amides is 1. The van der Waals surface area contributed by atoms with Crippen LogP contribution in [0.5, 0.6) is 0 Å². The van der Waals surface area contributed by atoms with Gasteiger partial charge in [-0.2, -0.15) is 9.78 Å². The fourth-order valence-electron chi connectivity index (χ4n) is 2.02. The lowest BCUT2D eigenvalue weighted by Crippen LogP contribution is -2.15. The van der Waals surface area contributed by atoms with Gasteiger partial charge in [-0.3, -0.25) is 4.79 Å². The van der Waals surface area contributed by atoms with Gasteiger partial charge in [0.1, 0.15) is 0 Å². The zero-order valence-electron chi connectivity index (χ0n) is 10.2. The summed E-state index contributed by atoms with van der Waals surface area (Å²) in [4.78, 5) is 19.9. The number of pyridine rings is 2. The molecule has 0 aliphatic carbocycles. The molecule has 0 saturated heterocycles. The molecule has 3 rings (SSSR count). The number of carbonyl (C=O) groups excluding carboxylic acids is 1. The Bertz CT molecular complexity index is 778. The summed E-state index contributed by atoms with van der Waals surface area (Å²) >= 11 is 0. The van der Waals surface area contributed by atoms with Gasteiger partial charge >= 0.3 is 0 Å². The summed E-state index contributed by atoms with van der Waals surface area (Å²) in [5.74, 6) is 0.0792. The SMILES string of the molecule is Cc1c(C(N)=O)ccnc1-n1ncc2cccnc21. The van der Waals surface area contributed by atoms with E-state index >= 15 is 0 Å². The summed E-state index contributed by atoms with van der Waals surface area (Å²) < 4.78 is 1.61. The van der Waals surface area contributed by atoms with Crippen molar-refractivity contribution < 1.29 is 4.79 Å². The van der Waals surface area contributed by atoms with Crippen LogP contribution in [0.4, 0.5) is 0 Å². The Morgan fingerprint density at radius 3 is 2.89 bits per heavy atom. The van der Waals surface area contributed by atoms with Crippen molar-refractivity contribution in [1.82, 2.24) is 19.7 Å². The van der Waals surface area contributed by atoms with Crippen molar-refractivity contribution in [3.8, 4) is 5.82 Å². The van der Waals surface area contributed by atoms with E-state index in [9.17, 15) is 4.79 Å². The third-order valence-corrected chi connectivity index (χ3v) is 2.97. The van der Waals surface area contributed by atoms with Crippen LogP contribution in [0.15, 0.2) is 36.8 Å². The molecule has 3 aromatic heterocycles. The average Bonchev–Trinajstić information content (AvgIpc) is 2.82. The molecule has 0 aliphatic rings. The molecule has 0 saturated carbocycles. The Balaban J connectivity index is 2.28. The third-order valence-electron chi connectivity index (χ3n) is 2.97. The number of nitrogens with zero attached hydrogens (tertiary/aromatic N) is 4. The first-order valence-corrected chi connectivity index (χ1v) is 5.73. The minimum Gasteiger partial charge on any atom is -0.366 e. The Hall–Kier alpha value is -2.76. The molecule has 0 bridgehead atoms. The topological polar surface area (TPSA) is 86.7 Å². The van der Waals surface area contributed by atoms with Crippen molar-refractivity contribution >= 4 is 16.9 Å². The summed E-state index contributed by atoms with van der Waals surface area (Å²) in [5.41, 5.74) is 7.15. The first kappa shape index (κ1) is 11.3. The Kier molecular flexibility index (Phi) is 2.49. The predicted octanol–water partition coefficient (Wildman–Crippen LogP) is 1.22. The minimum atomic E-state index is -0.481. The smallest absolute Gasteiger partial charge is 0.249 e. The lowest BCUT2D eigenvalue weighted by Gasteiger charge is -2.08. The number of fused-ring (bicyclic) bond motifs is 1. The maximum atomic E-state index is 11.4. The molecular weight excluding hydrogens is 242 g/mol. The number of aromatic nitrogens is 4. The van der Waals surface area contributed by atoms with Gasteiger partial charge in [-0.15, -0.1) is 0 Å². The van der Waals surface area contributed by atoms with E-state index in [4.69, 9.17) is 5.73 Å². The van der Waals surface area contributed by atoms with Gasteiger partial charge in [0, 0.05) is 28.9 Å². The molecule has 0 unspecified atom stereocenters. The second-order valence-corrected chi connectivity index (χ2v) is 4.14. The van der Waals surface area contributed by atoms with E-state index in [0.717, 1.165) is 5.39 Å². The zero-order chi connectivity index (χ0) is 13.4. The summed E-state index contributed by atoms with van der Waals surface area (Å²) in [6.45, 7) is 1.79. The zero-order valence-corrected chi connectivity index (χ0v) is 10.2. The van der Waals surface area contributed by atoms with Gasteiger partial charge in [0.15, 0.2) is 11.5 Å². The van der Waals surface area contributed by atoms with Crippen LogP contribution in [-0.4, -0.2) is 25.7 Å². The molecule has 3 heterocycles. The van der Waals surface area contributed by atoms with Crippen LogP contribution >= 0.6 is 0 Å². The molecule has 6 nitrogen and oxygen atoms in total. The lowest BCUT2D eigenvalue weighted by molar-refractivity contribution is 0.0999. The molecule has 19 heavy (non-hydrogen) atoms. The van der Waals surface area contributed by atoms with Gasteiger partial charge < -0.3 is 5.73 Å². The van der Waals surface area contributed by atoms with E-state index in [0.29, 0.717) is 22.6 Å². The van der Waals surface area contributed by atoms with Crippen LogP contribution in [0.1, 0.15) is 15.9 Å². The van der Waals surface area contributed by atoms with Crippen LogP contribution in [0.2, 0.25) is 0 Å². The highest BCUT2D eigenvalue weighted by Gasteiger charge is 2.14. The molecular formula is C13H11N5O. The summed E-state index contributed by atoms with van der Waals surface area (Å²) in [7, 11) is 0. The molecule has 0 spiro atoms. The van der Waals surface area contributed by atoms with Crippen molar-refractivity contribution in [2.24, 2.45) is 5.73 Å². The first-order chi connectivity index (χ1) is 9.18. The van der Waals surface area contributed by atoms with Gasteiger partial charge in [0.25, 0.3) is 0 Å². The third kappa shape index (κ3) is 1.74. The van der Waals surface area contributed by atoms with Crippen molar-refractivity contribution in [2.75, 3.05) is 0 Å². The number of rotatable bonds is 2. The standard InChI is InChI=1S/C13H11N5O/c1-8-10(11(14)19)4-6-16-12(8)18-13-9(7-17-18)3-2-5-15-13/h2-7H,1H3,(H2,14,19). The minimum absolute atomic E-state index is 0.435. The summed E-state index contributed by atoms with van der Waals surface area (Å²) in [5, 5.41) is 5.18. The van der Waals surface area contributed by atoms with Gasteiger partial charge in [0.05, 0.1) is 6.20 Å². The van der Waals surface area contributed by atoms with Crippen LogP contribution in [0.25, 0.3) is 16.9 Å². The van der Waals surface area contributed by atoms with E-state index in [1.165, 1.54) is 0 Å². The van der Waals surface area contributed by atoms with Crippen molar-refractivity contribution in [3.05, 3.63) is 47.9 Å². The van der Waals surface area contributed by atoms with Crippen LogP contribution in [-0.2, 0) is 0 Å². The van der Waals surface area contributed by atoms with Crippen molar-refractivity contribution in [2.45, 2.75) is 6.92 Å². The van der Waals surface area contributed by atoms with E-state index < -0.39 is 5.91 Å². The first-order valence-electron chi connectivity index (χ1n) is 5.73. The Morgan fingerprint density at radius 2 is 2.11 bits per heavy atom. The van der Waals surface area contributed by atoms with Crippen LogP contribution in [0, 0.1) is 6.92 Å². The monoisotopic (exact) mass is 253 g/mol. The molecule has 94 valence electrons. The Morgan fingerprint density at radius 1 is 1.26 bits per heavy atom. The second-order valence-electron chi connectivity index (χ2n) is 4.14. The molecule has 0 radical (unpaired) electrons. The number of carbonyl (C=O) groups is 1. The maximum Gasteiger partial charge on any atom is 0.249 e. The number of nitrogens with two attached hydrogens (primary N) is 1. The molecule has 0 atom stereocenters. The highest BCUT2D eigenvalue weighted by Crippen LogP contribution is 2.19. The molecule has 0 aliphatic heterocycles. The van der Waals surface area contributed by atoms with Gasteiger partial charge in [0.2, 0.25) is 5.91 Å². The largest absolute Gasteiger partial charge is 0.366 e. The highest BCUT2D eigenvalue weighted by molar-refractivity contribution is 5.95. The van der Waals surface area contributed by atoms with Gasteiger partial charge in [-0.05, 0) is 25.1 Å². The number of hydrogen-bond acceptors (Lipinski definition) is 4. The van der Waals surface area contributed by atoms with Crippen molar-refractivity contribution in [3.63, 3.8) is 0 Å². The predicted molar refractivity (Wildman–Crippen MR) is 69.9 cm³/mol. The highest BCUT2D eigenvalue weighted by atomic mass is 16.1. The van der Waals surface area contributed by atoms with Gasteiger partial charge in [-0.1, -0.05) is 0 Å². The molecule has 6 heteroatoms. The fourth-order valence-corrected chi connectivity index (χ4v) is 2.02. The van der Waals surface area contributed by atoms with Crippen molar-refractivity contribution in [1.29, 1.82) is 0 Å². The second kappa shape index (κ2) is 4.16. The van der Waals surface area contributed by atoms with Gasteiger partial charge in [-0.25, -0.2) is 9.97 Å². The summed E-state index contributed by atoms with van der Waals surface area (Å²) in [6.07, 6.45) is 4.94. The quantitative estimate of drug-likeness (QED) is 0.744. The number of hydrogen-bond donors (Lipinski definition) is 1.